The highest BCUT2D eigenvalue weighted by Gasteiger charge is 2.41. The number of aromatic nitrogens is 2. The van der Waals surface area contributed by atoms with Crippen LogP contribution < -0.4 is 16.0 Å². The van der Waals surface area contributed by atoms with Crippen molar-refractivity contribution >= 4 is 33.8 Å². The summed E-state index contributed by atoms with van der Waals surface area (Å²) in [6.45, 7) is 6.99. The van der Waals surface area contributed by atoms with Gasteiger partial charge in [-0.2, -0.15) is 10.2 Å². The molecule has 1 heterocycles. The molecule has 2 bridgehead atoms. The molecular formula is C27H35BrN6O2. The van der Waals surface area contributed by atoms with E-state index in [0.29, 0.717) is 41.6 Å². The Morgan fingerprint density at radius 3 is 2.64 bits per heavy atom. The molecule has 4 atom stereocenters. The van der Waals surface area contributed by atoms with Crippen molar-refractivity contribution in [2.24, 2.45) is 17.8 Å². The normalized spacial score (nSPS) is 23.3. The summed E-state index contributed by atoms with van der Waals surface area (Å²) in [6.07, 6.45) is 6.76. The first kappa shape index (κ1) is 26.2. The van der Waals surface area contributed by atoms with Crippen molar-refractivity contribution in [2.45, 2.75) is 71.1 Å². The molecule has 0 aliphatic heterocycles. The lowest BCUT2D eigenvalue weighted by Crippen LogP contribution is -2.52. The van der Waals surface area contributed by atoms with Gasteiger partial charge in [0.15, 0.2) is 0 Å². The highest BCUT2D eigenvalue weighted by atomic mass is 79.9. The summed E-state index contributed by atoms with van der Waals surface area (Å²) >= 11 is 3.49. The van der Waals surface area contributed by atoms with Gasteiger partial charge in [0.2, 0.25) is 5.95 Å². The number of hydrogen-bond acceptors (Lipinski definition) is 7. The zero-order valence-electron chi connectivity index (χ0n) is 21.2. The maximum Gasteiger partial charge on any atom is 0.407 e. The minimum absolute atomic E-state index is 0.174. The molecule has 0 radical (unpaired) electrons. The van der Waals surface area contributed by atoms with Gasteiger partial charge in [-0.25, -0.2) is 9.78 Å². The molecule has 192 valence electrons. The van der Waals surface area contributed by atoms with Gasteiger partial charge in [0.1, 0.15) is 23.1 Å². The predicted molar refractivity (Wildman–Crippen MR) is 143 cm³/mol. The van der Waals surface area contributed by atoms with Gasteiger partial charge in [0.05, 0.1) is 6.20 Å². The Balaban J connectivity index is 1.35. The topological polar surface area (TPSA) is 112 Å². The fourth-order valence-corrected chi connectivity index (χ4v) is 5.91. The Morgan fingerprint density at radius 2 is 1.97 bits per heavy atom. The number of nitrogens with one attached hydrogen (secondary N) is 3. The summed E-state index contributed by atoms with van der Waals surface area (Å²) < 4.78 is 6.53. The van der Waals surface area contributed by atoms with Crippen molar-refractivity contribution in [1.82, 2.24) is 15.3 Å². The van der Waals surface area contributed by atoms with Crippen LogP contribution in [0, 0.1) is 29.1 Å². The molecule has 2 aliphatic carbocycles. The molecule has 0 saturated heterocycles. The largest absolute Gasteiger partial charge is 0.444 e. The Labute approximate surface area is 221 Å². The maximum atomic E-state index is 12.4. The van der Waals surface area contributed by atoms with Crippen LogP contribution in [0.15, 0.2) is 34.9 Å². The number of carbonyl (C=O) groups is 1. The molecule has 2 fully saturated rings. The molecule has 36 heavy (non-hydrogen) atoms. The molecule has 9 heteroatoms. The Hall–Kier alpha value is -2.86. The van der Waals surface area contributed by atoms with Crippen LogP contribution in [0.3, 0.4) is 0 Å². The van der Waals surface area contributed by atoms with Crippen LogP contribution >= 0.6 is 15.9 Å². The van der Waals surface area contributed by atoms with E-state index in [1.54, 1.807) is 6.20 Å². The third-order valence-electron chi connectivity index (χ3n) is 6.93. The van der Waals surface area contributed by atoms with Gasteiger partial charge >= 0.3 is 6.09 Å². The van der Waals surface area contributed by atoms with E-state index in [1.807, 2.05) is 45.0 Å². The SMILES string of the molecule is CC(C)(C)OC(=O)N[C@@H]1[C@@H]2CCC[C@H]1CC(CNc1nc(NCc3cccc(Br)c3)ncc1C#N)C2. The monoisotopic (exact) mass is 554 g/mol. The Morgan fingerprint density at radius 1 is 1.22 bits per heavy atom. The summed E-state index contributed by atoms with van der Waals surface area (Å²) in [4.78, 5) is 21.3. The van der Waals surface area contributed by atoms with Crippen LogP contribution in [0.25, 0.3) is 0 Å². The van der Waals surface area contributed by atoms with Gasteiger partial charge in [-0.05, 0) is 81.9 Å². The smallest absolute Gasteiger partial charge is 0.407 e. The Bertz CT molecular complexity index is 1100. The first-order valence-corrected chi connectivity index (χ1v) is 13.5. The summed E-state index contributed by atoms with van der Waals surface area (Å²) in [5.41, 5.74) is 1.04. The van der Waals surface area contributed by atoms with Crippen LogP contribution in [0.1, 0.15) is 64.0 Å². The average Bonchev–Trinajstić information content (AvgIpc) is 2.80. The molecule has 1 aromatic carbocycles. The highest BCUT2D eigenvalue weighted by Crippen LogP contribution is 2.43. The number of fused-ring (bicyclic) bond motifs is 2. The lowest BCUT2D eigenvalue weighted by molar-refractivity contribution is 0.0324. The number of nitrogens with zero attached hydrogens (tertiary/aromatic N) is 3. The molecule has 8 nitrogen and oxygen atoms in total. The molecule has 1 unspecified atom stereocenters. The number of benzene rings is 1. The van der Waals surface area contributed by atoms with E-state index in [1.165, 1.54) is 6.42 Å². The van der Waals surface area contributed by atoms with Crippen LogP contribution in [-0.4, -0.2) is 34.2 Å². The van der Waals surface area contributed by atoms with E-state index in [9.17, 15) is 10.1 Å². The lowest BCUT2D eigenvalue weighted by atomic mass is 9.64. The average molecular weight is 556 g/mol. The summed E-state index contributed by atoms with van der Waals surface area (Å²) in [5, 5.41) is 19.4. The van der Waals surface area contributed by atoms with Gasteiger partial charge in [0, 0.05) is 23.6 Å². The first-order chi connectivity index (χ1) is 17.2. The first-order valence-electron chi connectivity index (χ1n) is 12.7. The van der Waals surface area contributed by atoms with E-state index in [2.05, 4.69) is 47.9 Å². The predicted octanol–water partition coefficient (Wildman–Crippen LogP) is 5.85. The van der Waals surface area contributed by atoms with E-state index >= 15 is 0 Å². The molecule has 3 N–H and O–H groups in total. The minimum Gasteiger partial charge on any atom is -0.444 e. The fourth-order valence-electron chi connectivity index (χ4n) is 5.47. The second-order valence-electron chi connectivity index (χ2n) is 10.9. The fraction of sp³-hybridized carbons (Fsp3) is 0.556. The zero-order valence-corrected chi connectivity index (χ0v) is 22.8. The van der Waals surface area contributed by atoms with Crippen LogP contribution in [-0.2, 0) is 11.3 Å². The third-order valence-corrected chi connectivity index (χ3v) is 7.42. The molecule has 4 rings (SSSR count). The van der Waals surface area contributed by atoms with E-state index < -0.39 is 5.60 Å². The zero-order chi connectivity index (χ0) is 25.7. The number of hydrogen-bond donors (Lipinski definition) is 3. The number of nitriles is 1. The number of anilines is 2. The number of alkyl carbamates (subject to hydrolysis) is 1. The van der Waals surface area contributed by atoms with Crippen molar-refractivity contribution < 1.29 is 9.53 Å². The third kappa shape index (κ3) is 7.10. The van der Waals surface area contributed by atoms with Crippen molar-refractivity contribution in [3.8, 4) is 6.07 Å². The van der Waals surface area contributed by atoms with Crippen LogP contribution in [0.4, 0.5) is 16.6 Å². The van der Waals surface area contributed by atoms with Gasteiger partial charge in [-0.15, -0.1) is 0 Å². The van der Waals surface area contributed by atoms with E-state index in [4.69, 9.17) is 4.74 Å². The summed E-state index contributed by atoms with van der Waals surface area (Å²) in [6, 6.07) is 10.4. The van der Waals surface area contributed by atoms with Crippen molar-refractivity contribution in [3.63, 3.8) is 0 Å². The quantitative estimate of drug-likeness (QED) is 0.393. The molecular weight excluding hydrogens is 520 g/mol. The van der Waals surface area contributed by atoms with E-state index in [0.717, 1.165) is 42.3 Å². The lowest BCUT2D eigenvalue weighted by Gasteiger charge is -2.46. The minimum atomic E-state index is -0.498. The van der Waals surface area contributed by atoms with Crippen LogP contribution in [0.5, 0.6) is 0 Å². The van der Waals surface area contributed by atoms with Gasteiger partial charge < -0.3 is 20.7 Å². The number of ether oxygens (including phenoxy) is 1. The summed E-state index contributed by atoms with van der Waals surface area (Å²) in [7, 11) is 0. The van der Waals surface area contributed by atoms with E-state index in [-0.39, 0.29) is 12.1 Å². The van der Waals surface area contributed by atoms with Gasteiger partial charge in [0.25, 0.3) is 0 Å². The Kier molecular flexibility index (Phi) is 8.35. The molecule has 2 saturated carbocycles. The number of halogens is 1. The standard InChI is InChI=1S/C27H35BrN6O2/c1-27(2,3)36-26(35)33-23-19-7-5-8-20(23)11-18(10-19)15-30-24-21(13-29)16-32-25(34-24)31-14-17-6-4-9-22(28)12-17/h4,6,9,12,16,18-20,23H,5,7-8,10-11,14-15H2,1-3H3,(H,33,35)(H2,30,31,32,34)/t18?,19-,20+,23-. The molecule has 1 amide bonds. The van der Waals surface area contributed by atoms with Crippen LogP contribution in [0.2, 0.25) is 0 Å². The second kappa shape index (κ2) is 11.5. The molecule has 1 aromatic heterocycles. The number of amides is 1. The number of carbonyl (C=O) groups excluding carboxylic acids is 1. The van der Waals surface area contributed by atoms with Crippen molar-refractivity contribution in [3.05, 3.63) is 46.1 Å². The molecule has 2 aliphatic rings. The van der Waals surface area contributed by atoms with Gasteiger partial charge in [-0.1, -0.05) is 34.5 Å². The maximum absolute atomic E-state index is 12.4. The highest BCUT2D eigenvalue weighted by molar-refractivity contribution is 9.10. The summed E-state index contributed by atoms with van der Waals surface area (Å²) in [5.74, 6) is 2.39. The van der Waals surface area contributed by atoms with Crippen molar-refractivity contribution in [1.29, 1.82) is 5.26 Å². The number of rotatable bonds is 7. The van der Waals surface area contributed by atoms with Crippen molar-refractivity contribution in [2.75, 3.05) is 17.2 Å². The molecule has 2 aromatic rings. The second-order valence-corrected chi connectivity index (χ2v) is 11.8. The molecule has 0 spiro atoms. The van der Waals surface area contributed by atoms with Gasteiger partial charge in [-0.3, -0.25) is 0 Å².